The second-order valence-corrected chi connectivity index (χ2v) is 5.20. The van der Waals surface area contributed by atoms with E-state index in [4.69, 9.17) is 4.74 Å². The van der Waals surface area contributed by atoms with Gasteiger partial charge in [-0.05, 0) is 44.4 Å². The predicted molar refractivity (Wildman–Crippen MR) is 81.2 cm³/mol. The molecule has 1 saturated heterocycles. The number of carbonyl (C=O) groups is 2. The van der Waals surface area contributed by atoms with E-state index in [1.54, 1.807) is 4.90 Å². The van der Waals surface area contributed by atoms with Crippen molar-refractivity contribution < 1.29 is 14.3 Å². The fourth-order valence-corrected chi connectivity index (χ4v) is 2.46. The van der Waals surface area contributed by atoms with Gasteiger partial charge in [-0.3, -0.25) is 9.59 Å². The maximum Gasteiger partial charge on any atom is 0.249 e. The number of benzene rings is 1. The first-order chi connectivity index (χ1) is 10.1. The highest BCUT2D eigenvalue weighted by Gasteiger charge is 2.24. The van der Waals surface area contributed by atoms with Gasteiger partial charge in [0.15, 0.2) is 0 Å². The van der Waals surface area contributed by atoms with Gasteiger partial charge in [-0.1, -0.05) is 12.1 Å². The summed E-state index contributed by atoms with van der Waals surface area (Å²) in [6.07, 6.45) is 1.23. The first-order valence-corrected chi connectivity index (χ1v) is 7.38. The molecule has 1 aromatic carbocycles. The molecule has 5 nitrogen and oxygen atoms in total. The number of nitrogens with one attached hydrogen (secondary N) is 1. The Morgan fingerprint density at radius 2 is 2.24 bits per heavy atom. The lowest BCUT2D eigenvalue weighted by atomic mass is 10.2. The van der Waals surface area contributed by atoms with Crippen molar-refractivity contribution in [1.29, 1.82) is 0 Å². The van der Waals surface area contributed by atoms with Crippen LogP contribution in [-0.2, 0) is 14.3 Å². The zero-order valence-electron chi connectivity index (χ0n) is 12.6. The van der Waals surface area contributed by atoms with Crippen molar-refractivity contribution in [3.05, 3.63) is 29.8 Å². The van der Waals surface area contributed by atoms with Crippen molar-refractivity contribution >= 4 is 17.5 Å². The zero-order chi connectivity index (χ0) is 15.2. The van der Waals surface area contributed by atoms with E-state index >= 15 is 0 Å². The predicted octanol–water partition coefficient (Wildman–Crippen LogP) is 1.64. The Kier molecular flexibility index (Phi) is 5.33. The molecule has 114 valence electrons. The third-order valence-electron chi connectivity index (χ3n) is 3.57. The van der Waals surface area contributed by atoms with Gasteiger partial charge in [-0.2, -0.15) is 0 Å². The normalized spacial score (nSPS) is 17.5. The summed E-state index contributed by atoms with van der Waals surface area (Å²) in [5, 5.41) is 2.67. The van der Waals surface area contributed by atoms with Gasteiger partial charge in [-0.25, -0.2) is 0 Å². The molecule has 1 unspecified atom stereocenters. The molecule has 0 spiro atoms. The van der Waals surface area contributed by atoms with Gasteiger partial charge in [0.05, 0.1) is 6.54 Å². The highest BCUT2D eigenvalue weighted by molar-refractivity contribution is 5.97. The number of likely N-dealkylation sites (N-methyl/N-ethyl adjacent to an activating group) is 1. The number of carbonyl (C=O) groups excluding carboxylic acids is 2. The maximum atomic E-state index is 12.3. The number of amides is 2. The van der Waals surface area contributed by atoms with Gasteiger partial charge in [0, 0.05) is 18.8 Å². The van der Waals surface area contributed by atoms with E-state index in [1.165, 1.54) is 0 Å². The zero-order valence-corrected chi connectivity index (χ0v) is 12.6. The molecule has 1 aliphatic heterocycles. The van der Waals surface area contributed by atoms with Crippen molar-refractivity contribution in [1.82, 2.24) is 5.32 Å². The summed E-state index contributed by atoms with van der Waals surface area (Å²) in [6.45, 7) is 5.10. The molecule has 0 aliphatic carbocycles. The van der Waals surface area contributed by atoms with Gasteiger partial charge < -0.3 is 15.0 Å². The van der Waals surface area contributed by atoms with Crippen LogP contribution in [0.3, 0.4) is 0 Å². The topological polar surface area (TPSA) is 58.6 Å². The number of hydrogen-bond donors (Lipinski definition) is 1. The van der Waals surface area contributed by atoms with E-state index in [9.17, 15) is 9.59 Å². The van der Waals surface area contributed by atoms with Crippen LogP contribution < -0.4 is 10.2 Å². The van der Waals surface area contributed by atoms with Crippen molar-refractivity contribution in [2.45, 2.75) is 32.8 Å². The van der Waals surface area contributed by atoms with Crippen LogP contribution in [0.2, 0.25) is 0 Å². The molecule has 2 amide bonds. The molecule has 1 fully saturated rings. The number of anilines is 1. The van der Waals surface area contributed by atoms with Crippen molar-refractivity contribution in [2.75, 3.05) is 24.6 Å². The van der Waals surface area contributed by atoms with Crippen LogP contribution in [-0.4, -0.2) is 37.6 Å². The highest BCUT2D eigenvalue weighted by Crippen LogP contribution is 2.16. The van der Waals surface area contributed by atoms with E-state index in [2.05, 4.69) is 5.32 Å². The van der Waals surface area contributed by atoms with E-state index in [0.29, 0.717) is 13.2 Å². The van der Waals surface area contributed by atoms with Crippen LogP contribution >= 0.6 is 0 Å². The number of aryl methyl sites for hydroxylation is 1. The molecule has 1 aromatic rings. The van der Waals surface area contributed by atoms with Crippen LogP contribution in [0.15, 0.2) is 24.3 Å². The summed E-state index contributed by atoms with van der Waals surface area (Å²) in [5.41, 5.74) is 1.95. The fraction of sp³-hybridized carbons (Fsp3) is 0.500. The summed E-state index contributed by atoms with van der Waals surface area (Å²) >= 11 is 0. The van der Waals surface area contributed by atoms with Gasteiger partial charge in [0.25, 0.3) is 0 Å². The minimum atomic E-state index is -0.396. The minimum absolute atomic E-state index is 0.000471. The molecule has 1 N–H and O–H groups in total. The summed E-state index contributed by atoms with van der Waals surface area (Å²) in [5.74, 6) is -0.310. The molecule has 0 radical (unpaired) electrons. The van der Waals surface area contributed by atoms with Crippen LogP contribution in [0.5, 0.6) is 0 Å². The number of rotatable bonds is 5. The second-order valence-electron chi connectivity index (χ2n) is 5.20. The Bertz CT molecular complexity index is 510. The molecular weight excluding hydrogens is 268 g/mol. The van der Waals surface area contributed by atoms with E-state index in [0.717, 1.165) is 24.1 Å². The maximum absolute atomic E-state index is 12.3. The van der Waals surface area contributed by atoms with Gasteiger partial charge >= 0.3 is 0 Å². The van der Waals surface area contributed by atoms with Crippen LogP contribution in [0.1, 0.15) is 25.3 Å². The van der Waals surface area contributed by atoms with Gasteiger partial charge in [-0.15, -0.1) is 0 Å². The Morgan fingerprint density at radius 3 is 2.86 bits per heavy atom. The van der Waals surface area contributed by atoms with Crippen LogP contribution in [0.4, 0.5) is 5.69 Å². The molecule has 21 heavy (non-hydrogen) atoms. The van der Waals surface area contributed by atoms with Crippen molar-refractivity contribution in [3.8, 4) is 0 Å². The molecule has 1 atom stereocenters. The third kappa shape index (κ3) is 4.04. The first-order valence-electron chi connectivity index (χ1n) is 7.38. The second kappa shape index (κ2) is 7.22. The fourth-order valence-electron chi connectivity index (χ4n) is 2.46. The molecule has 0 saturated carbocycles. The standard InChI is InChI=1S/C16H22N2O3/c1-3-18(13-7-4-6-12(2)10-13)15(19)11-17-16(20)14-8-5-9-21-14/h4,6-7,10,14H,3,5,8-9,11H2,1-2H3,(H,17,20). The largest absolute Gasteiger partial charge is 0.368 e. The molecule has 2 rings (SSSR count). The Hall–Kier alpha value is -1.88. The minimum Gasteiger partial charge on any atom is -0.368 e. The third-order valence-corrected chi connectivity index (χ3v) is 3.57. The number of nitrogens with zero attached hydrogens (tertiary/aromatic N) is 1. The summed E-state index contributed by atoms with van der Waals surface area (Å²) in [4.78, 5) is 25.8. The van der Waals surface area contributed by atoms with E-state index in [-0.39, 0.29) is 18.4 Å². The average Bonchev–Trinajstić information content (AvgIpc) is 3.00. The Morgan fingerprint density at radius 1 is 1.43 bits per heavy atom. The first kappa shape index (κ1) is 15.5. The van der Waals surface area contributed by atoms with Crippen molar-refractivity contribution in [2.24, 2.45) is 0 Å². The molecular formula is C16H22N2O3. The van der Waals surface area contributed by atoms with E-state index in [1.807, 2.05) is 38.1 Å². The van der Waals surface area contributed by atoms with Crippen molar-refractivity contribution in [3.63, 3.8) is 0 Å². The molecule has 0 bridgehead atoms. The molecule has 5 heteroatoms. The Labute approximate surface area is 125 Å². The lowest BCUT2D eigenvalue weighted by molar-refractivity contribution is -0.131. The summed E-state index contributed by atoms with van der Waals surface area (Å²) in [6, 6.07) is 7.77. The average molecular weight is 290 g/mol. The van der Waals surface area contributed by atoms with Gasteiger partial charge in [0.2, 0.25) is 11.8 Å². The Balaban J connectivity index is 1.92. The summed E-state index contributed by atoms with van der Waals surface area (Å²) in [7, 11) is 0. The summed E-state index contributed by atoms with van der Waals surface area (Å²) < 4.78 is 5.30. The quantitative estimate of drug-likeness (QED) is 0.897. The molecule has 0 aromatic heterocycles. The van der Waals surface area contributed by atoms with Crippen LogP contribution in [0, 0.1) is 6.92 Å². The SMILES string of the molecule is CCN(C(=O)CNC(=O)C1CCCO1)c1cccc(C)c1. The molecule has 1 aliphatic rings. The number of hydrogen-bond acceptors (Lipinski definition) is 3. The van der Waals surface area contributed by atoms with Gasteiger partial charge in [0.1, 0.15) is 6.10 Å². The smallest absolute Gasteiger partial charge is 0.249 e. The number of ether oxygens (including phenoxy) is 1. The monoisotopic (exact) mass is 290 g/mol. The van der Waals surface area contributed by atoms with Crippen LogP contribution in [0.25, 0.3) is 0 Å². The highest BCUT2D eigenvalue weighted by atomic mass is 16.5. The van der Waals surface area contributed by atoms with E-state index < -0.39 is 6.10 Å². The lowest BCUT2D eigenvalue weighted by Gasteiger charge is -2.22. The molecule has 1 heterocycles. The lowest BCUT2D eigenvalue weighted by Crippen LogP contribution is -2.43.